The van der Waals surface area contributed by atoms with Crippen LogP contribution in [0.2, 0.25) is 0 Å². The van der Waals surface area contributed by atoms with E-state index in [1.54, 1.807) is 0 Å². The lowest BCUT2D eigenvalue weighted by atomic mass is 9.80. The molecule has 1 rings (SSSR count). The van der Waals surface area contributed by atoms with E-state index in [1.165, 1.54) is 0 Å². The SMILES string of the molecule is OB(O)c1cc(F)c(OC(F)F)c(F)c1. The first-order valence-corrected chi connectivity index (χ1v) is 3.71. The molecule has 0 radical (unpaired) electrons. The van der Waals surface area contributed by atoms with Gasteiger partial charge < -0.3 is 14.8 Å². The van der Waals surface area contributed by atoms with E-state index in [-0.39, 0.29) is 0 Å². The van der Waals surface area contributed by atoms with Gasteiger partial charge in [-0.1, -0.05) is 0 Å². The smallest absolute Gasteiger partial charge is 0.429 e. The van der Waals surface area contributed by atoms with Gasteiger partial charge in [0.2, 0.25) is 0 Å². The molecule has 0 aliphatic rings. The Morgan fingerprint density at radius 3 is 1.93 bits per heavy atom. The maximum atomic E-state index is 12.9. The highest BCUT2D eigenvalue weighted by atomic mass is 19.3. The average Bonchev–Trinajstić information content (AvgIpc) is 2.10. The maximum Gasteiger partial charge on any atom is 0.488 e. The second kappa shape index (κ2) is 4.50. The predicted molar refractivity (Wildman–Crippen MR) is 42.8 cm³/mol. The number of rotatable bonds is 3. The van der Waals surface area contributed by atoms with E-state index in [0.29, 0.717) is 12.1 Å². The second-order valence-corrected chi connectivity index (χ2v) is 2.57. The minimum absolute atomic E-state index is 0.492. The summed E-state index contributed by atoms with van der Waals surface area (Å²) in [4.78, 5) is 0. The summed E-state index contributed by atoms with van der Waals surface area (Å²) in [6, 6.07) is 0.983. The molecule has 15 heavy (non-hydrogen) atoms. The third-order valence-corrected chi connectivity index (χ3v) is 1.53. The lowest BCUT2D eigenvalue weighted by molar-refractivity contribution is -0.0546. The van der Waals surface area contributed by atoms with Gasteiger partial charge in [-0.15, -0.1) is 0 Å². The van der Waals surface area contributed by atoms with Crippen LogP contribution in [-0.2, 0) is 0 Å². The molecule has 0 bridgehead atoms. The number of hydrogen-bond donors (Lipinski definition) is 2. The molecule has 0 heterocycles. The normalized spacial score (nSPS) is 10.6. The van der Waals surface area contributed by atoms with E-state index in [0.717, 1.165) is 0 Å². The summed E-state index contributed by atoms with van der Waals surface area (Å²) in [5.74, 6) is -4.12. The first kappa shape index (κ1) is 11.8. The number of alkyl halides is 2. The van der Waals surface area contributed by atoms with Gasteiger partial charge in [-0.25, -0.2) is 8.78 Å². The fourth-order valence-corrected chi connectivity index (χ4v) is 0.930. The molecule has 1 aromatic rings. The monoisotopic (exact) mass is 224 g/mol. The Morgan fingerprint density at radius 1 is 1.13 bits per heavy atom. The van der Waals surface area contributed by atoms with Gasteiger partial charge in [-0.3, -0.25) is 0 Å². The fraction of sp³-hybridized carbons (Fsp3) is 0.143. The quantitative estimate of drug-likeness (QED) is 0.571. The minimum Gasteiger partial charge on any atom is -0.429 e. The van der Waals surface area contributed by atoms with Gasteiger partial charge in [0, 0.05) is 0 Å². The molecule has 82 valence electrons. The van der Waals surface area contributed by atoms with Crippen molar-refractivity contribution in [2.45, 2.75) is 6.61 Å². The highest BCUT2D eigenvalue weighted by Crippen LogP contribution is 2.22. The van der Waals surface area contributed by atoms with E-state index < -0.39 is 36.6 Å². The zero-order chi connectivity index (χ0) is 11.6. The van der Waals surface area contributed by atoms with E-state index in [1.807, 2.05) is 0 Å². The van der Waals surface area contributed by atoms with E-state index in [2.05, 4.69) is 4.74 Å². The van der Waals surface area contributed by atoms with Crippen molar-refractivity contribution >= 4 is 12.6 Å². The second-order valence-electron chi connectivity index (χ2n) is 2.57. The first-order chi connectivity index (χ1) is 6.91. The molecule has 0 aliphatic heterocycles. The molecule has 3 nitrogen and oxygen atoms in total. The summed E-state index contributed by atoms with van der Waals surface area (Å²) in [5.41, 5.74) is -0.494. The summed E-state index contributed by atoms with van der Waals surface area (Å²) in [7, 11) is -2.09. The molecule has 8 heteroatoms. The minimum atomic E-state index is -3.36. The standard InChI is InChI=1S/C7H5BF4O3/c9-4-1-3(8(13)14)2-5(10)6(4)15-7(11)12/h1-2,7,13-14H. The predicted octanol–water partition coefficient (Wildman–Crippen LogP) is 0.246. The third-order valence-electron chi connectivity index (χ3n) is 1.53. The van der Waals surface area contributed by atoms with Crippen LogP contribution in [0.4, 0.5) is 17.6 Å². The van der Waals surface area contributed by atoms with Gasteiger partial charge in [0.05, 0.1) is 0 Å². The van der Waals surface area contributed by atoms with Gasteiger partial charge in [-0.05, 0) is 17.6 Å². The van der Waals surface area contributed by atoms with Gasteiger partial charge in [-0.2, -0.15) is 8.78 Å². The molecule has 0 saturated carbocycles. The lowest BCUT2D eigenvalue weighted by Gasteiger charge is -2.08. The van der Waals surface area contributed by atoms with Gasteiger partial charge in [0.1, 0.15) is 0 Å². The molecule has 1 aromatic carbocycles. The first-order valence-electron chi connectivity index (χ1n) is 3.71. The molecular formula is C7H5BF4O3. The number of halogens is 4. The number of hydrogen-bond acceptors (Lipinski definition) is 3. The van der Waals surface area contributed by atoms with Gasteiger partial charge >= 0.3 is 13.7 Å². The molecule has 0 saturated heterocycles. The Balaban J connectivity index is 3.10. The topological polar surface area (TPSA) is 49.7 Å². The molecule has 0 atom stereocenters. The van der Waals surface area contributed by atoms with E-state index >= 15 is 0 Å². The van der Waals surface area contributed by atoms with Crippen molar-refractivity contribution < 1.29 is 32.3 Å². The Bertz CT molecular complexity index is 335. The van der Waals surface area contributed by atoms with Crippen molar-refractivity contribution in [3.05, 3.63) is 23.8 Å². The molecule has 0 fully saturated rings. The molecule has 0 amide bonds. The summed E-state index contributed by atoms with van der Waals surface area (Å²) < 4.78 is 52.8. The summed E-state index contributed by atoms with van der Waals surface area (Å²) in [5, 5.41) is 17.2. The van der Waals surface area contributed by atoms with Gasteiger partial charge in [0.25, 0.3) is 0 Å². The molecule has 0 spiro atoms. The zero-order valence-corrected chi connectivity index (χ0v) is 7.12. The van der Waals surface area contributed by atoms with Crippen LogP contribution in [0.1, 0.15) is 0 Å². The van der Waals surface area contributed by atoms with Crippen LogP contribution >= 0.6 is 0 Å². The highest BCUT2D eigenvalue weighted by Gasteiger charge is 2.20. The van der Waals surface area contributed by atoms with E-state index in [4.69, 9.17) is 10.0 Å². The van der Waals surface area contributed by atoms with Crippen LogP contribution in [0.25, 0.3) is 0 Å². The Kier molecular flexibility index (Phi) is 3.54. The molecule has 2 N–H and O–H groups in total. The highest BCUT2D eigenvalue weighted by molar-refractivity contribution is 6.58. The molecular weight excluding hydrogens is 219 g/mol. The summed E-state index contributed by atoms with van der Waals surface area (Å²) >= 11 is 0. The van der Waals surface area contributed by atoms with Crippen LogP contribution in [-0.4, -0.2) is 23.8 Å². The molecule has 0 aromatic heterocycles. The van der Waals surface area contributed by atoms with Crippen LogP contribution in [0.3, 0.4) is 0 Å². The molecule has 0 unspecified atom stereocenters. The van der Waals surface area contributed by atoms with Crippen molar-refractivity contribution in [1.29, 1.82) is 0 Å². The van der Waals surface area contributed by atoms with Crippen LogP contribution in [0.5, 0.6) is 5.75 Å². The Hall–Kier alpha value is -1.28. The number of benzene rings is 1. The van der Waals surface area contributed by atoms with Crippen molar-refractivity contribution in [1.82, 2.24) is 0 Å². The summed E-state index contributed by atoms with van der Waals surface area (Å²) in [6.07, 6.45) is 0. The van der Waals surface area contributed by atoms with Crippen LogP contribution in [0, 0.1) is 11.6 Å². The summed E-state index contributed by atoms with van der Waals surface area (Å²) in [6.45, 7) is -3.36. The fourth-order valence-electron chi connectivity index (χ4n) is 0.930. The van der Waals surface area contributed by atoms with Crippen molar-refractivity contribution in [3.63, 3.8) is 0 Å². The molecule has 0 aliphatic carbocycles. The lowest BCUT2D eigenvalue weighted by Crippen LogP contribution is -2.30. The largest absolute Gasteiger partial charge is 0.488 e. The average molecular weight is 224 g/mol. The van der Waals surface area contributed by atoms with Crippen molar-refractivity contribution in [2.24, 2.45) is 0 Å². The van der Waals surface area contributed by atoms with Crippen molar-refractivity contribution in [3.8, 4) is 5.75 Å². The third kappa shape index (κ3) is 2.83. The van der Waals surface area contributed by atoms with Gasteiger partial charge in [0.15, 0.2) is 17.4 Å². The number of ether oxygens (including phenoxy) is 1. The van der Waals surface area contributed by atoms with Crippen LogP contribution in [0.15, 0.2) is 12.1 Å². The Morgan fingerprint density at radius 2 is 1.60 bits per heavy atom. The van der Waals surface area contributed by atoms with Crippen molar-refractivity contribution in [2.75, 3.05) is 0 Å². The Labute approximate surface area is 82.1 Å². The zero-order valence-electron chi connectivity index (χ0n) is 7.12. The van der Waals surface area contributed by atoms with Crippen LogP contribution < -0.4 is 10.2 Å². The van der Waals surface area contributed by atoms with E-state index in [9.17, 15) is 17.6 Å². The maximum absolute atomic E-state index is 12.9.